The van der Waals surface area contributed by atoms with Crippen molar-refractivity contribution >= 4 is 11.8 Å². The van der Waals surface area contributed by atoms with Crippen LogP contribution in [0, 0.1) is 17.5 Å². The Morgan fingerprint density at radius 1 is 0.833 bits per heavy atom. The van der Waals surface area contributed by atoms with Crippen molar-refractivity contribution < 1.29 is 17.9 Å². The molecular formula is C22H16F3N3OS. The molecule has 0 amide bonds. The van der Waals surface area contributed by atoms with E-state index in [1.807, 2.05) is 0 Å². The highest BCUT2D eigenvalue weighted by atomic mass is 32.2. The van der Waals surface area contributed by atoms with Gasteiger partial charge < -0.3 is 4.74 Å². The van der Waals surface area contributed by atoms with Crippen LogP contribution in [0.15, 0.2) is 71.9 Å². The monoisotopic (exact) mass is 427 g/mol. The zero-order chi connectivity index (χ0) is 21.1. The lowest BCUT2D eigenvalue weighted by atomic mass is 10.2. The van der Waals surface area contributed by atoms with Gasteiger partial charge in [0.05, 0.1) is 18.4 Å². The SMILES string of the molecule is COc1ccc(-n2c(SCc3c(F)cccc3F)nnc2-c2ccccc2F)cc1. The fourth-order valence-corrected chi connectivity index (χ4v) is 3.92. The Hall–Kier alpha value is -3.26. The first-order valence-corrected chi connectivity index (χ1v) is 9.97. The summed E-state index contributed by atoms with van der Waals surface area (Å²) in [5.41, 5.74) is 0.875. The molecule has 0 bridgehead atoms. The molecule has 0 aliphatic carbocycles. The molecule has 3 aromatic carbocycles. The molecule has 0 fully saturated rings. The van der Waals surface area contributed by atoms with Gasteiger partial charge in [-0.3, -0.25) is 4.57 Å². The van der Waals surface area contributed by atoms with Gasteiger partial charge in [0.15, 0.2) is 11.0 Å². The average Bonchev–Trinajstić information content (AvgIpc) is 3.17. The van der Waals surface area contributed by atoms with Crippen molar-refractivity contribution in [1.29, 1.82) is 0 Å². The summed E-state index contributed by atoms with van der Waals surface area (Å²) < 4.78 is 49.3. The van der Waals surface area contributed by atoms with E-state index in [2.05, 4.69) is 10.2 Å². The lowest BCUT2D eigenvalue weighted by Gasteiger charge is -2.12. The summed E-state index contributed by atoms with van der Waals surface area (Å²) in [7, 11) is 1.56. The highest BCUT2D eigenvalue weighted by molar-refractivity contribution is 7.98. The molecular weight excluding hydrogens is 411 g/mol. The lowest BCUT2D eigenvalue weighted by Crippen LogP contribution is -2.01. The highest BCUT2D eigenvalue weighted by Gasteiger charge is 2.20. The third-order valence-electron chi connectivity index (χ3n) is 4.49. The minimum atomic E-state index is -0.632. The van der Waals surface area contributed by atoms with E-state index in [1.165, 1.54) is 24.3 Å². The van der Waals surface area contributed by atoms with Gasteiger partial charge in [-0.25, -0.2) is 13.2 Å². The van der Waals surface area contributed by atoms with Crippen LogP contribution in [0.25, 0.3) is 17.1 Å². The molecule has 0 saturated heterocycles. The Morgan fingerprint density at radius 3 is 2.17 bits per heavy atom. The third kappa shape index (κ3) is 3.91. The number of halogens is 3. The lowest BCUT2D eigenvalue weighted by molar-refractivity contribution is 0.414. The van der Waals surface area contributed by atoms with E-state index in [4.69, 9.17) is 4.74 Å². The van der Waals surface area contributed by atoms with Crippen LogP contribution in [0.3, 0.4) is 0 Å². The molecule has 1 aromatic heterocycles. The van der Waals surface area contributed by atoms with E-state index in [0.29, 0.717) is 16.6 Å². The Morgan fingerprint density at radius 2 is 1.50 bits per heavy atom. The maximum absolute atomic E-state index is 14.4. The summed E-state index contributed by atoms with van der Waals surface area (Å²) in [5.74, 6) is -0.767. The second kappa shape index (κ2) is 8.62. The second-order valence-corrected chi connectivity index (χ2v) is 7.25. The quantitative estimate of drug-likeness (QED) is 0.373. The maximum atomic E-state index is 14.4. The minimum Gasteiger partial charge on any atom is -0.497 e. The van der Waals surface area contributed by atoms with Crippen LogP contribution in [0.2, 0.25) is 0 Å². The van der Waals surface area contributed by atoms with Gasteiger partial charge >= 0.3 is 0 Å². The Kier molecular flexibility index (Phi) is 5.76. The predicted octanol–water partition coefficient (Wildman–Crippen LogP) is 5.65. The number of rotatable bonds is 6. The number of hydrogen-bond acceptors (Lipinski definition) is 4. The molecule has 0 N–H and O–H groups in total. The van der Waals surface area contributed by atoms with Crippen molar-refractivity contribution in [3.63, 3.8) is 0 Å². The topological polar surface area (TPSA) is 39.9 Å². The number of aromatic nitrogens is 3. The first kappa shape index (κ1) is 20.0. The van der Waals surface area contributed by atoms with Gasteiger partial charge in [-0.1, -0.05) is 30.0 Å². The Bertz CT molecular complexity index is 1160. The number of benzene rings is 3. The summed E-state index contributed by atoms with van der Waals surface area (Å²) in [6, 6.07) is 17.0. The van der Waals surface area contributed by atoms with Gasteiger partial charge in [0.25, 0.3) is 0 Å². The molecule has 0 aliphatic heterocycles. The molecule has 0 atom stereocenters. The van der Waals surface area contributed by atoms with Gasteiger partial charge in [-0.15, -0.1) is 10.2 Å². The third-order valence-corrected chi connectivity index (χ3v) is 5.44. The summed E-state index contributed by atoms with van der Waals surface area (Å²) in [5, 5.41) is 8.69. The summed E-state index contributed by atoms with van der Waals surface area (Å²) in [6.45, 7) is 0. The van der Waals surface area contributed by atoms with E-state index < -0.39 is 17.5 Å². The van der Waals surface area contributed by atoms with Crippen LogP contribution in [0.1, 0.15) is 5.56 Å². The van der Waals surface area contributed by atoms with Crippen LogP contribution in [-0.2, 0) is 5.75 Å². The zero-order valence-corrected chi connectivity index (χ0v) is 16.7. The van der Waals surface area contributed by atoms with Gasteiger partial charge in [-0.05, 0) is 48.5 Å². The average molecular weight is 427 g/mol. The van der Waals surface area contributed by atoms with Gasteiger partial charge in [0.2, 0.25) is 0 Å². The number of hydrogen-bond donors (Lipinski definition) is 0. The largest absolute Gasteiger partial charge is 0.497 e. The van der Waals surface area contributed by atoms with Crippen molar-refractivity contribution in [2.45, 2.75) is 10.9 Å². The second-order valence-electron chi connectivity index (χ2n) is 6.31. The molecule has 4 rings (SSSR count). The molecule has 0 radical (unpaired) electrons. The van der Waals surface area contributed by atoms with Crippen molar-refractivity contribution in [2.75, 3.05) is 7.11 Å². The van der Waals surface area contributed by atoms with E-state index in [9.17, 15) is 13.2 Å². The zero-order valence-electron chi connectivity index (χ0n) is 15.8. The molecule has 4 nitrogen and oxygen atoms in total. The van der Waals surface area contributed by atoms with Crippen LogP contribution >= 0.6 is 11.8 Å². The van der Waals surface area contributed by atoms with E-state index in [0.717, 1.165) is 11.8 Å². The molecule has 30 heavy (non-hydrogen) atoms. The summed E-state index contributed by atoms with van der Waals surface area (Å²) in [6.07, 6.45) is 0. The molecule has 4 aromatic rings. The Balaban J connectivity index is 1.77. The van der Waals surface area contributed by atoms with Crippen LogP contribution in [0.5, 0.6) is 5.75 Å². The minimum absolute atomic E-state index is 0.00403. The first-order chi connectivity index (χ1) is 14.6. The van der Waals surface area contributed by atoms with E-state index in [1.54, 1.807) is 54.1 Å². The Labute approximate surface area is 175 Å². The predicted molar refractivity (Wildman–Crippen MR) is 109 cm³/mol. The summed E-state index contributed by atoms with van der Waals surface area (Å²) >= 11 is 1.11. The van der Waals surface area contributed by atoms with Crippen LogP contribution in [0.4, 0.5) is 13.2 Å². The highest BCUT2D eigenvalue weighted by Crippen LogP contribution is 2.32. The van der Waals surface area contributed by atoms with Gasteiger partial charge in [0, 0.05) is 11.3 Å². The van der Waals surface area contributed by atoms with Gasteiger partial charge in [-0.2, -0.15) is 0 Å². The van der Waals surface area contributed by atoms with Crippen molar-refractivity contribution in [1.82, 2.24) is 14.8 Å². The summed E-state index contributed by atoms with van der Waals surface area (Å²) in [4.78, 5) is 0. The van der Waals surface area contributed by atoms with Crippen molar-refractivity contribution in [3.05, 3.63) is 89.7 Å². The number of thioether (sulfide) groups is 1. The normalized spacial score (nSPS) is 10.9. The molecule has 152 valence electrons. The van der Waals surface area contributed by atoms with E-state index >= 15 is 0 Å². The number of ether oxygens (including phenoxy) is 1. The standard InChI is InChI=1S/C22H16F3N3OS/c1-29-15-11-9-14(10-12-15)28-21(16-5-2-3-6-18(16)23)26-27-22(28)30-13-17-19(24)7-4-8-20(17)25/h2-12H,13H2,1H3. The number of nitrogens with zero attached hydrogens (tertiary/aromatic N) is 3. The molecule has 0 aliphatic rings. The fraction of sp³-hybridized carbons (Fsp3) is 0.0909. The van der Waals surface area contributed by atoms with Crippen molar-refractivity contribution in [2.24, 2.45) is 0 Å². The molecule has 0 unspecified atom stereocenters. The molecule has 0 saturated carbocycles. The smallest absolute Gasteiger partial charge is 0.196 e. The maximum Gasteiger partial charge on any atom is 0.196 e. The molecule has 0 spiro atoms. The van der Waals surface area contributed by atoms with Crippen molar-refractivity contribution in [3.8, 4) is 22.8 Å². The van der Waals surface area contributed by atoms with Gasteiger partial charge in [0.1, 0.15) is 23.2 Å². The van der Waals surface area contributed by atoms with Crippen LogP contribution < -0.4 is 4.74 Å². The van der Waals surface area contributed by atoms with E-state index in [-0.39, 0.29) is 22.7 Å². The fourth-order valence-electron chi connectivity index (χ4n) is 2.95. The molecule has 1 heterocycles. The van der Waals surface area contributed by atoms with Crippen LogP contribution in [-0.4, -0.2) is 21.9 Å². The molecule has 8 heteroatoms. The first-order valence-electron chi connectivity index (χ1n) is 8.99. The number of methoxy groups -OCH3 is 1.